The summed E-state index contributed by atoms with van der Waals surface area (Å²) in [6.07, 6.45) is 1.78. The monoisotopic (exact) mass is 909 g/mol. The zero-order chi connectivity index (χ0) is 49.0. The predicted molar refractivity (Wildman–Crippen MR) is 276 cm³/mol. The van der Waals surface area contributed by atoms with Crippen molar-refractivity contribution in [2.45, 2.75) is 170 Å². The van der Waals surface area contributed by atoms with Crippen molar-refractivity contribution in [1.82, 2.24) is 10.6 Å². The zero-order valence-corrected chi connectivity index (χ0v) is 43.5. The van der Waals surface area contributed by atoms with Crippen molar-refractivity contribution in [1.29, 1.82) is 0 Å². The highest BCUT2D eigenvalue weighted by molar-refractivity contribution is 5.59. The van der Waals surface area contributed by atoms with Gasteiger partial charge in [-0.05, 0) is 99.4 Å². The molecule has 0 spiro atoms. The molecule has 2 heterocycles. The Bertz CT molecular complexity index is 2370. The lowest BCUT2D eigenvalue weighted by Crippen LogP contribution is -2.24. The molecule has 0 saturated heterocycles. The van der Waals surface area contributed by atoms with Gasteiger partial charge in [0.15, 0.2) is 0 Å². The van der Waals surface area contributed by atoms with Crippen molar-refractivity contribution in [3.63, 3.8) is 0 Å². The van der Waals surface area contributed by atoms with Gasteiger partial charge in [-0.3, -0.25) is 0 Å². The second kappa shape index (κ2) is 18.5. The maximum absolute atomic E-state index is 12.6. The first kappa shape index (κ1) is 49.9. The van der Waals surface area contributed by atoms with Crippen molar-refractivity contribution < 1.29 is 24.8 Å². The Kier molecular flexibility index (Phi) is 13.8. The van der Waals surface area contributed by atoms with E-state index in [1.807, 2.05) is 0 Å². The van der Waals surface area contributed by atoms with E-state index in [9.17, 15) is 15.3 Å². The number of phenols is 3. The number of aromatic hydroxyl groups is 3. The molecule has 3 aliphatic rings. The van der Waals surface area contributed by atoms with Gasteiger partial charge in [-0.15, -0.1) is 0 Å². The fraction of sp³-hybridized carbons (Fsp3) is 0.500. The van der Waals surface area contributed by atoms with Crippen LogP contribution >= 0.6 is 0 Å². The number of rotatable bonds is 0. The molecule has 12 bridgehead atoms. The molecule has 2 aliphatic heterocycles. The summed E-state index contributed by atoms with van der Waals surface area (Å²) in [6, 6.07) is 22.1. The Morgan fingerprint density at radius 3 is 0.776 bits per heavy atom. The van der Waals surface area contributed by atoms with Gasteiger partial charge in [0.25, 0.3) is 0 Å². The maximum Gasteiger partial charge on any atom is 0.126 e. The number of nitrogens with one attached hydrogen (secondary N) is 2. The lowest BCUT2D eigenvalue weighted by molar-refractivity contribution is 0.306. The van der Waals surface area contributed by atoms with E-state index >= 15 is 0 Å². The van der Waals surface area contributed by atoms with Gasteiger partial charge in [0.05, 0.1) is 0 Å². The Balaban J connectivity index is 1.54. The highest BCUT2D eigenvalue weighted by Crippen LogP contribution is 2.44. The van der Waals surface area contributed by atoms with Gasteiger partial charge in [0.1, 0.15) is 42.0 Å². The van der Waals surface area contributed by atoms with Gasteiger partial charge in [0.2, 0.25) is 0 Å². The standard InChI is InChI=1S/C60H80N2O5/c1-56(2,3)46-24-36-20-40-28-48(58(7,8)9)30-42-22-38-26-47(57(4,5)6)27-39(52(38)64)23-43-31-49(59(10,11)12)29-41(21-37(25-46)51(36)63)55(43)67-19-17-62-35-45-33-50(60(13,14)15)32-44(53(45)65)34-61-16-18-66-54(40)42/h24-33,61-65H,16-23,34-35H2,1-15H3. The summed E-state index contributed by atoms with van der Waals surface area (Å²) in [5, 5.41) is 44.1. The third kappa shape index (κ3) is 11.3. The lowest BCUT2D eigenvalue weighted by Gasteiger charge is -2.28. The molecule has 7 heteroatoms. The molecule has 5 aromatic rings. The second-order valence-electron chi connectivity index (χ2n) is 24.7. The molecule has 0 saturated carbocycles. The van der Waals surface area contributed by atoms with Crippen molar-refractivity contribution in [3.05, 3.63) is 144 Å². The van der Waals surface area contributed by atoms with Crippen LogP contribution in [0.25, 0.3) is 0 Å². The summed E-state index contributed by atoms with van der Waals surface area (Å²) in [6.45, 7) is 36.2. The number of fused-ring (bicyclic) bond motifs is 8. The molecule has 67 heavy (non-hydrogen) atoms. The Labute approximate surface area is 402 Å². The highest BCUT2D eigenvalue weighted by atomic mass is 16.5. The van der Waals surface area contributed by atoms with E-state index in [1.165, 1.54) is 5.56 Å². The van der Waals surface area contributed by atoms with Crippen LogP contribution in [0.5, 0.6) is 28.7 Å². The van der Waals surface area contributed by atoms with Crippen LogP contribution in [0.3, 0.4) is 0 Å². The molecule has 0 atom stereocenters. The predicted octanol–water partition coefficient (Wildman–Crippen LogP) is 12.6. The van der Waals surface area contributed by atoms with E-state index in [0.717, 1.165) is 89.4 Å². The zero-order valence-electron chi connectivity index (χ0n) is 43.5. The molecule has 1 aliphatic carbocycles. The summed E-state index contributed by atoms with van der Waals surface area (Å²) >= 11 is 0. The minimum Gasteiger partial charge on any atom is -0.507 e. The van der Waals surface area contributed by atoms with Crippen LogP contribution in [0.2, 0.25) is 0 Å². The number of hydrogen-bond acceptors (Lipinski definition) is 7. The molecule has 360 valence electrons. The molecule has 5 N–H and O–H groups in total. The molecule has 0 amide bonds. The first-order valence-electron chi connectivity index (χ1n) is 24.6. The first-order valence-corrected chi connectivity index (χ1v) is 24.6. The van der Waals surface area contributed by atoms with Crippen LogP contribution in [0.1, 0.15) is 187 Å². The van der Waals surface area contributed by atoms with Gasteiger partial charge in [-0.1, -0.05) is 165 Å². The van der Waals surface area contributed by atoms with Crippen molar-refractivity contribution in [2.75, 3.05) is 26.3 Å². The summed E-state index contributed by atoms with van der Waals surface area (Å²) in [4.78, 5) is 0. The Morgan fingerprint density at radius 2 is 0.537 bits per heavy atom. The second-order valence-corrected chi connectivity index (χ2v) is 24.7. The van der Waals surface area contributed by atoms with E-state index in [4.69, 9.17) is 9.47 Å². The quantitative estimate of drug-likeness (QED) is 0.103. The molecule has 0 aromatic heterocycles. The molecule has 0 radical (unpaired) electrons. The van der Waals surface area contributed by atoms with Gasteiger partial charge in [0, 0.05) is 63.0 Å². The van der Waals surface area contributed by atoms with Crippen LogP contribution in [-0.4, -0.2) is 41.6 Å². The smallest absolute Gasteiger partial charge is 0.126 e. The van der Waals surface area contributed by atoms with E-state index in [0.29, 0.717) is 82.3 Å². The molecular formula is C60H80N2O5. The summed E-state index contributed by atoms with van der Waals surface area (Å²) in [5.74, 6) is 2.43. The number of benzene rings is 5. The number of phenolic OH excluding ortho intramolecular Hbond substituents is 3. The molecule has 5 aromatic carbocycles. The minimum absolute atomic E-state index is 0.113. The lowest BCUT2D eigenvalue weighted by atomic mass is 9.79. The third-order valence-electron chi connectivity index (χ3n) is 13.8. The van der Waals surface area contributed by atoms with Crippen LogP contribution in [0.4, 0.5) is 0 Å². The van der Waals surface area contributed by atoms with Crippen molar-refractivity contribution in [3.8, 4) is 28.7 Å². The van der Waals surface area contributed by atoms with E-state index in [1.54, 1.807) is 0 Å². The highest BCUT2D eigenvalue weighted by Gasteiger charge is 2.29. The van der Waals surface area contributed by atoms with E-state index in [-0.39, 0.29) is 27.1 Å². The fourth-order valence-corrected chi connectivity index (χ4v) is 9.38. The SMILES string of the molecule is CC(C)(C)c1cc2c(O)c(c1)CNCCOc1c3cc(C(C)(C)C)cc1Cc1cc(C(C)(C)C)cc(c1O)Cc1cc(C(C)(C)C)cc(c1OCCNC2)Cc1cc(C(C)(C)C)cc(c1O)C3. The number of hydrogen-bond donors (Lipinski definition) is 5. The molecule has 8 rings (SSSR count). The molecule has 0 fully saturated rings. The average Bonchev–Trinajstić information content (AvgIpc) is 3.20. The molecular weight excluding hydrogens is 829 g/mol. The van der Waals surface area contributed by atoms with Crippen molar-refractivity contribution >= 4 is 0 Å². The topological polar surface area (TPSA) is 103 Å². The normalized spacial score (nSPS) is 15.7. The van der Waals surface area contributed by atoms with Gasteiger partial charge in [-0.2, -0.15) is 0 Å². The van der Waals surface area contributed by atoms with Crippen LogP contribution in [0.15, 0.2) is 60.7 Å². The first-order chi connectivity index (χ1) is 31.1. The average molecular weight is 909 g/mol. The van der Waals surface area contributed by atoms with Gasteiger partial charge in [-0.25, -0.2) is 0 Å². The maximum atomic E-state index is 12.6. The Hall–Kier alpha value is -4.98. The largest absolute Gasteiger partial charge is 0.507 e. The van der Waals surface area contributed by atoms with Crippen LogP contribution in [0, 0.1) is 0 Å². The van der Waals surface area contributed by atoms with Gasteiger partial charge >= 0.3 is 0 Å². The van der Waals surface area contributed by atoms with E-state index in [2.05, 4.69) is 175 Å². The third-order valence-corrected chi connectivity index (χ3v) is 13.8. The summed E-state index contributed by atoms with van der Waals surface area (Å²) in [7, 11) is 0. The number of ether oxygens (including phenoxy) is 2. The summed E-state index contributed by atoms with van der Waals surface area (Å²) in [5.41, 5.74) is 14.0. The molecule has 0 unspecified atom stereocenters. The van der Waals surface area contributed by atoms with E-state index < -0.39 is 0 Å². The molecule has 7 nitrogen and oxygen atoms in total. The summed E-state index contributed by atoms with van der Waals surface area (Å²) < 4.78 is 14.0. The Morgan fingerprint density at radius 1 is 0.328 bits per heavy atom. The fourth-order valence-electron chi connectivity index (χ4n) is 9.38. The van der Waals surface area contributed by atoms with Crippen molar-refractivity contribution in [2.24, 2.45) is 0 Å². The van der Waals surface area contributed by atoms with Crippen LogP contribution < -0.4 is 20.1 Å². The van der Waals surface area contributed by atoms with Crippen LogP contribution in [-0.2, 0) is 65.8 Å². The van der Waals surface area contributed by atoms with Gasteiger partial charge < -0.3 is 35.4 Å². The minimum atomic E-state index is -0.199.